The van der Waals surface area contributed by atoms with Gasteiger partial charge >= 0.3 is 5.51 Å². The molecule has 0 aliphatic carbocycles. The van der Waals surface area contributed by atoms with Crippen molar-refractivity contribution in [3.8, 4) is 0 Å². The van der Waals surface area contributed by atoms with E-state index < -0.39 is 49.5 Å². The molecule has 0 heterocycles. The SMILES string of the molecule is CN(CCO[Si](c1ccccc1)(c1ccccc1)C(C)(C)C)CCC(CSc1ccccc1)Nc1ccc(S(N)(=O)=O)cc1S(=O)(=O)C(F)(F)F. The summed E-state index contributed by atoms with van der Waals surface area (Å²) in [6.45, 7) is 8.07. The summed E-state index contributed by atoms with van der Waals surface area (Å²) in [7, 11) is -11.3. The van der Waals surface area contributed by atoms with Crippen molar-refractivity contribution < 1.29 is 34.4 Å². The molecule has 0 saturated heterocycles. The Kier molecular flexibility index (Phi) is 13.3. The van der Waals surface area contributed by atoms with Crippen LogP contribution in [0.2, 0.25) is 5.04 Å². The number of thioether (sulfide) groups is 1. The highest BCUT2D eigenvalue weighted by Gasteiger charge is 2.50. The van der Waals surface area contributed by atoms with Crippen molar-refractivity contribution >= 4 is 56.0 Å². The Bertz CT molecular complexity index is 1910. The number of likely N-dealkylation sites (N-methyl/N-ethyl adjacent to an activating group) is 1. The largest absolute Gasteiger partial charge is 0.501 e. The number of sulfone groups is 1. The van der Waals surface area contributed by atoms with E-state index in [0.29, 0.717) is 37.9 Å². The lowest BCUT2D eigenvalue weighted by Crippen LogP contribution is -2.67. The zero-order valence-corrected chi connectivity index (χ0v) is 32.4. The number of nitrogens with two attached hydrogens (primary N) is 1. The van der Waals surface area contributed by atoms with Crippen molar-refractivity contribution in [3.63, 3.8) is 0 Å². The maximum Gasteiger partial charge on any atom is 0.501 e. The van der Waals surface area contributed by atoms with Crippen LogP contribution in [-0.4, -0.2) is 74.1 Å². The van der Waals surface area contributed by atoms with Gasteiger partial charge in [-0.05, 0) is 65.8 Å². The third-order valence-electron chi connectivity index (χ3n) is 8.50. The van der Waals surface area contributed by atoms with Crippen molar-refractivity contribution in [2.75, 3.05) is 37.8 Å². The highest BCUT2D eigenvalue weighted by atomic mass is 32.2. The first-order chi connectivity index (χ1) is 23.9. The normalized spacial score (nSPS) is 13.7. The summed E-state index contributed by atoms with van der Waals surface area (Å²) in [5, 5.41) is 10.2. The van der Waals surface area contributed by atoms with Gasteiger partial charge in [0, 0.05) is 29.8 Å². The summed E-state index contributed by atoms with van der Waals surface area (Å²) in [6.07, 6.45) is 0.415. The fourth-order valence-electron chi connectivity index (χ4n) is 5.88. The number of sulfonamides is 1. The van der Waals surface area contributed by atoms with E-state index in [4.69, 9.17) is 9.56 Å². The third-order valence-corrected chi connectivity index (χ3v) is 17.2. The summed E-state index contributed by atoms with van der Waals surface area (Å²) in [4.78, 5) is 1.04. The summed E-state index contributed by atoms with van der Waals surface area (Å²) in [6, 6.07) is 31.9. The molecule has 0 saturated carbocycles. The minimum Gasteiger partial charge on any atom is -0.406 e. The van der Waals surface area contributed by atoms with E-state index in [9.17, 15) is 30.0 Å². The number of nitrogens with zero attached hydrogens (tertiary/aromatic N) is 1. The van der Waals surface area contributed by atoms with Crippen LogP contribution in [0.5, 0.6) is 0 Å². The number of anilines is 1. The molecule has 276 valence electrons. The molecule has 0 aliphatic heterocycles. The van der Waals surface area contributed by atoms with Crippen LogP contribution in [0, 0.1) is 0 Å². The molecule has 0 aromatic heterocycles. The Labute approximate surface area is 304 Å². The summed E-state index contributed by atoms with van der Waals surface area (Å²) in [5.74, 6) is 0.374. The highest BCUT2D eigenvalue weighted by Crippen LogP contribution is 2.38. The lowest BCUT2D eigenvalue weighted by Gasteiger charge is -2.43. The first kappa shape index (κ1) is 40.6. The highest BCUT2D eigenvalue weighted by molar-refractivity contribution is 7.99. The molecule has 4 aromatic carbocycles. The van der Waals surface area contributed by atoms with Gasteiger partial charge < -0.3 is 14.6 Å². The van der Waals surface area contributed by atoms with Crippen molar-refractivity contribution in [2.45, 2.75) is 58.5 Å². The van der Waals surface area contributed by atoms with Gasteiger partial charge in [0.15, 0.2) is 0 Å². The van der Waals surface area contributed by atoms with Crippen molar-refractivity contribution in [1.82, 2.24) is 4.90 Å². The van der Waals surface area contributed by atoms with Gasteiger partial charge in [0.05, 0.1) is 10.6 Å². The molecule has 1 atom stereocenters. The van der Waals surface area contributed by atoms with Crippen LogP contribution in [0.25, 0.3) is 0 Å². The Morgan fingerprint density at radius 1 is 0.824 bits per heavy atom. The molecule has 8 nitrogen and oxygen atoms in total. The Morgan fingerprint density at radius 3 is 1.84 bits per heavy atom. The van der Waals surface area contributed by atoms with E-state index in [-0.39, 0.29) is 10.7 Å². The average molecular weight is 780 g/mol. The second kappa shape index (κ2) is 16.7. The Morgan fingerprint density at radius 2 is 1.35 bits per heavy atom. The number of alkyl halides is 3. The van der Waals surface area contributed by atoms with E-state index in [1.165, 1.54) is 11.8 Å². The monoisotopic (exact) mass is 779 g/mol. The quantitative estimate of drug-likeness (QED) is 0.104. The van der Waals surface area contributed by atoms with E-state index in [2.05, 4.69) is 55.3 Å². The molecule has 0 spiro atoms. The molecule has 0 amide bonds. The second-order valence-electron chi connectivity index (χ2n) is 13.2. The molecule has 15 heteroatoms. The van der Waals surface area contributed by atoms with Gasteiger partial charge in [-0.2, -0.15) is 13.2 Å². The molecule has 0 bridgehead atoms. The average Bonchev–Trinajstić information content (AvgIpc) is 3.07. The minimum atomic E-state index is -5.93. The number of nitrogens with one attached hydrogen (secondary N) is 1. The van der Waals surface area contributed by atoms with Crippen LogP contribution in [0.15, 0.2) is 124 Å². The number of hydrogen-bond acceptors (Lipinski definition) is 8. The van der Waals surface area contributed by atoms with Crippen LogP contribution in [0.3, 0.4) is 0 Å². The molecule has 4 aromatic rings. The summed E-state index contributed by atoms with van der Waals surface area (Å²) < 4.78 is 97.5. The van der Waals surface area contributed by atoms with Crippen LogP contribution in [0.1, 0.15) is 27.2 Å². The van der Waals surface area contributed by atoms with Gasteiger partial charge in [0.2, 0.25) is 10.0 Å². The fraction of sp³-hybridized carbons (Fsp3) is 0.333. The van der Waals surface area contributed by atoms with Crippen molar-refractivity contribution in [1.29, 1.82) is 0 Å². The Hall–Kier alpha value is -3.18. The number of hydrogen-bond donors (Lipinski definition) is 2. The number of halogens is 3. The maximum absolute atomic E-state index is 13.8. The summed E-state index contributed by atoms with van der Waals surface area (Å²) >= 11 is 1.46. The molecule has 0 radical (unpaired) electrons. The predicted octanol–water partition coefficient (Wildman–Crippen LogP) is 6.10. The minimum absolute atomic E-state index is 0.203. The van der Waals surface area contributed by atoms with E-state index >= 15 is 0 Å². The smallest absolute Gasteiger partial charge is 0.406 e. The standard InChI is InChI=1S/C36H44F3N3O5S3Si/c1-35(2,3)51(31-16-10-6-11-17-31,32-18-12-7-13-19-32)47-25-24-42(4)23-22-28(27-48-29-14-8-5-9-15-29)41-33-21-20-30(50(40,45)46)26-34(33)49(43,44)36(37,38)39/h5-21,26,28,41H,22-25,27H2,1-4H3,(H2,40,45,46). The lowest BCUT2D eigenvalue weighted by atomic mass is 10.2. The van der Waals surface area contributed by atoms with E-state index in [1.54, 1.807) is 0 Å². The fourth-order valence-corrected chi connectivity index (χ4v) is 13.0. The zero-order chi connectivity index (χ0) is 37.5. The van der Waals surface area contributed by atoms with Gasteiger partial charge in [-0.1, -0.05) is 99.6 Å². The van der Waals surface area contributed by atoms with Gasteiger partial charge in [-0.3, -0.25) is 0 Å². The predicted molar refractivity (Wildman–Crippen MR) is 201 cm³/mol. The van der Waals surface area contributed by atoms with Crippen LogP contribution in [-0.2, 0) is 24.3 Å². The molecule has 51 heavy (non-hydrogen) atoms. The molecule has 0 aliphatic rings. The van der Waals surface area contributed by atoms with Crippen LogP contribution in [0.4, 0.5) is 18.9 Å². The molecule has 0 fully saturated rings. The van der Waals surface area contributed by atoms with Gasteiger partial charge in [0.25, 0.3) is 18.2 Å². The van der Waals surface area contributed by atoms with Gasteiger partial charge in [0.1, 0.15) is 4.90 Å². The number of rotatable bonds is 16. The molecule has 4 rings (SSSR count). The van der Waals surface area contributed by atoms with Crippen molar-refractivity contribution in [3.05, 3.63) is 109 Å². The van der Waals surface area contributed by atoms with Gasteiger partial charge in [-0.15, -0.1) is 11.8 Å². The lowest BCUT2D eigenvalue weighted by molar-refractivity contribution is -0.0435. The van der Waals surface area contributed by atoms with Crippen LogP contribution < -0.4 is 20.8 Å². The number of benzene rings is 4. The van der Waals surface area contributed by atoms with Gasteiger partial charge in [-0.25, -0.2) is 22.0 Å². The zero-order valence-electron chi connectivity index (χ0n) is 28.9. The molecule has 1 unspecified atom stereocenters. The third kappa shape index (κ3) is 10.0. The second-order valence-corrected chi connectivity index (χ2v) is 22.1. The van der Waals surface area contributed by atoms with E-state index in [1.807, 2.05) is 73.8 Å². The molecular weight excluding hydrogens is 736 g/mol. The van der Waals surface area contributed by atoms with E-state index in [0.717, 1.165) is 27.4 Å². The first-order valence-corrected chi connectivity index (χ1v) is 22.1. The molecule has 3 N–H and O–H groups in total. The summed E-state index contributed by atoms with van der Waals surface area (Å²) in [5.41, 5.74) is -6.03. The van der Waals surface area contributed by atoms with Crippen LogP contribution >= 0.6 is 11.8 Å². The maximum atomic E-state index is 13.8. The Balaban J connectivity index is 1.56. The van der Waals surface area contributed by atoms with Crippen molar-refractivity contribution in [2.24, 2.45) is 5.14 Å². The number of primary sulfonamides is 1. The first-order valence-electron chi connectivity index (χ1n) is 16.2. The molecular formula is C36H44F3N3O5S3Si. The topological polar surface area (TPSA) is 119 Å².